The summed E-state index contributed by atoms with van der Waals surface area (Å²) in [5.74, 6) is 0. The maximum Gasteiger partial charge on any atom is 0.0986 e. The van der Waals surface area contributed by atoms with Gasteiger partial charge in [-0.25, -0.2) is 0 Å². The van der Waals surface area contributed by atoms with Gasteiger partial charge in [0.2, 0.25) is 0 Å². The third-order valence-corrected chi connectivity index (χ3v) is 2.45. The van der Waals surface area contributed by atoms with E-state index in [1.165, 1.54) is 6.20 Å². The Hall–Kier alpha value is -1.52. The lowest BCUT2D eigenvalue weighted by molar-refractivity contribution is 0.151. The lowest BCUT2D eigenvalue weighted by atomic mass is 10.1. The summed E-state index contributed by atoms with van der Waals surface area (Å²) in [6, 6.07) is 7.16. The Balaban J connectivity index is 2.11. The molecule has 0 bridgehead atoms. The summed E-state index contributed by atoms with van der Waals surface area (Å²) < 4.78 is 1.59. The average Bonchev–Trinajstić information content (AvgIpc) is 2.64. The molecule has 2 rings (SSSR count). The van der Waals surface area contributed by atoms with Crippen LogP contribution in [0.1, 0.15) is 11.7 Å². The predicted molar refractivity (Wildman–Crippen MR) is 63.1 cm³/mol. The molecule has 2 aromatic rings. The van der Waals surface area contributed by atoms with Crippen molar-refractivity contribution in [3.05, 3.63) is 47.2 Å². The minimum atomic E-state index is -0.639. The van der Waals surface area contributed by atoms with Gasteiger partial charge in [-0.05, 0) is 17.7 Å². The van der Waals surface area contributed by atoms with E-state index < -0.39 is 6.10 Å². The highest BCUT2D eigenvalue weighted by atomic mass is 35.5. The second-order valence-corrected chi connectivity index (χ2v) is 4.00. The molecular formula is C11H12ClN3O. The highest BCUT2D eigenvalue weighted by Gasteiger charge is 2.09. The number of halogens is 1. The van der Waals surface area contributed by atoms with Crippen molar-refractivity contribution in [2.75, 3.05) is 5.73 Å². The minimum Gasteiger partial charge on any atom is -0.399 e. The number of hydrogen-bond acceptors (Lipinski definition) is 3. The number of aromatic nitrogens is 2. The molecule has 0 aliphatic carbocycles. The van der Waals surface area contributed by atoms with Crippen LogP contribution in [0.15, 0.2) is 36.7 Å². The van der Waals surface area contributed by atoms with Gasteiger partial charge in [0.05, 0.1) is 23.9 Å². The maximum atomic E-state index is 9.95. The first-order chi connectivity index (χ1) is 7.65. The van der Waals surface area contributed by atoms with Crippen molar-refractivity contribution in [3.8, 4) is 0 Å². The molecule has 0 spiro atoms. The number of nitrogens with two attached hydrogens (primary N) is 1. The standard InChI is InChI=1S/C11H12ClN3O/c12-9-5-14-15(6-9)7-11(16)8-2-1-3-10(13)4-8/h1-6,11,16H,7,13H2. The number of nitrogen functional groups attached to an aromatic ring is 1. The number of benzene rings is 1. The molecule has 0 radical (unpaired) electrons. The average molecular weight is 238 g/mol. The largest absolute Gasteiger partial charge is 0.399 e. The molecule has 5 heteroatoms. The zero-order chi connectivity index (χ0) is 11.5. The van der Waals surface area contributed by atoms with E-state index in [4.69, 9.17) is 17.3 Å². The van der Waals surface area contributed by atoms with E-state index in [0.29, 0.717) is 17.3 Å². The molecule has 0 saturated carbocycles. The molecule has 0 aliphatic heterocycles. The molecule has 0 fully saturated rings. The summed E-state index contributed by atoms with van der Waals surface area (Å²) in [5.41, 5.74) is 7.04. The van der Waals surface area contributed by atoms with Crippen LogP contribution in [0.3, 0.4) is 0 Å². The van der Waals surface area contributed by atoms with E-state index in [0.717, 1.165) is 5.56 Å². The van der Waals surface area contributed by atoms with Gasteiger partial charge in [-0.3, -0.25) is 4.68 Å². The number of aliphatic hydroxyl groups is 1. The van der Waals surface area contributed by atoms with Crippen LogP contribution in [0.4, 0.5) is 5.69 Å². The fourth-order valence-corrected chi connectivity index (χ4v) is 1.64. The Morgan fingerprint density at radius 3 is 2.94 bits per heavy atom. The fraction of sp³-hybridized carbons (Fsp3) is 0.182. The van der Waals surface area contributed by atoms with Gasteiger partial charge in [0.25, 0.3) is 0 Å². The molecule has 16 heavy (non-hydrogen) atoms. The fourth-order valence-electron chi connectivity index (χ4n) is 1.49. The van der Waals surface area contributed by atoms with Crippen molar-refractivity contribution >= 4 is 17.3 Å². The van der Waals surface area contributed by atoms with Crippen LogP contribution < -0.4 is 5.73 Å². The van der Waals surface area contributed by atoms with Crippen molar-refractivity contribution in [2.45, 2.75) is 12.6 Å². The van der Waals surface area contributed by atoms with E-state index in [1.807, 2.05) is 12.1 Å². The number of anilines is 1. The molecule has 0 saturated heterocycles. The summed E-state index contributed by atoms with van der Waals surface area (Å²) in [6.07, 6.45) is 2.56. The molecule has 1 aromatic carbocycles. The first kappa shape index (κ1) is 11.0. The van der Waals surface area contributed by atoms with Crippen LogP contribution in [-0.4, -0.2) is 14.9 Å². The van der Waals surface area contributed by atoms with Crippen LogP contribution in [-0.2, 0) is 6.54 Å². The van der Waals surface area contributed by atoms with E-state index in [2.05, 4.69) is 5.10 Å². The van der Waals surface area contributed by atoms with Gasteiger partial charge in [-0.1, -0.05) is 23.7 Å². The first-order valence-corrected chi connectivity index (χ1v) is 5.24. The smallest absolute Gasteiger partial charge is 0.0986 e. The van der Waals surface area contributed by atoms with Gasteiger partial charge < -0.3 is 10.8 Å². The molecule has 3 N–H and O–H groups in total. The van der Waals surface area contributed by atoms with E-state index >= 15 is 0 Å². The summed E-state index contributed by atoms with van der Waals surface area (Å²) in [6.45, 7) is 0.357. The minimum absolute atomic E-state index is 0.357. The molecule has 1 atom stereocenters. The van der Waals surface area contributed by atoms with Gasteiger partial charge >= 0.3 is 0 Å². The van der Waals surface area contributed by atoms with Gasteiger partial charge in [0.1, 0.15) is 0 Å². The monoisotopic (exact) mass is 237 g/mol. The van der Waals surface area contributed by atoms with Crippen LogP contribution in [0.2, 0.25) is 5.02 Å². The molecule has 0 aliphatic rings. The van der Waals surface area contributed by atoms with Gasteiger partial charge in [0, 0.05) is 11.9 Å². The zero-order valence-electron chi connectivity index (χ0n) is 8.55. The SMILES string of the molecule is Nc1cccc(C(O)Cn2cc(Cl)cn2)c1. The summed E-state index contributed by atoms with van der Waals surface area (Å²) in [4.78, 5) is 0. The predicted octanol–water partition coefficient (Wildman–Crippen LogP) is 1.85. The highest BCUT2D eigenvalue weighted by Crippen LogP contribution is 2.18. The molecule has 1 aromatic heterocycles. The second kappa shape index (κ2) is 4.55. The molecular weight excluding hydrogens is 226 g/mol. The van der Waals surface area contributed by atoms with Crippen LogP contribution in [0.5, 0.6) is 0 Å². The summed E-state index contributed by atoms with van der Waals surface area (Å²) in [5, 5.41) is 14.5. The topological polar surface area (TPSA) is 64.1 Å². The van der Waals surface area contributed by atoms with E-state index in [1.54, 1.807) is 23.0 Å². The number of hydrogen-bond donors (Lipinski definition) is 2. The normalized spacial score (nSPS) is 12.6. The van der Waals surface area contributed by atoms with Crippen molar-refractivity contribution in [1.29, 1.82) is 0 Å². The molecule has 4 nitrogen and oxygen atoms in total. The molecule has 84 valence electrons. The Bertz CT molecular complexity index is 484. The third-order valence-electron chi connectivity index (χ3n) is 2.26. The van der Waals surface area contributed by atoms with Crippen LogP contribution in [0, 0.1) is 0 Å². The Labute approximate surface area is 98.3 Å². The van der Waals surface area contributed by atoms with Crippen molar-refractivity contribution in [1.82, 2.24) is 9.78 Å². The maximum absolute atomic E-state index is 9.95. The zero-order valence-corrected chi connectivity index (χ0v) is 9.30. The van der Waals surface area contributed by atoms with Gasteiger partial charge in [-0.2, -0.15) is 5.10 Å². The summed E-state index contributed by atoms with van der Waals surface area (Å²) >= 11 is 5.73. The van der Waals surface area contributed by atoms with Crippen molar-refractivity contribution < 1.29 is 5.11 Å². The molecule has 0 amide bonds. The lowest BCUT2D eigenvalue weighted by Gasteiger charge is -2.11. The summed E-state index contributed by atoms with van der Waals surface area (Å²) in [7, 11) is 0. The highest BCUT2D eigenvalue weighted by molar-refractivity contribution is 6.30. The number of nitrogens with zero attached hydrogens (tertiary/aromatic N) is 2. The van der Waals surface area contributed by atoms with Crippen molar-refractivity contribution in [3.63, 3.8) is 0 Å². The quantitative estimate of drug-likeness (QED) is 0.801. The van der Waals surface area contributed by atoms with Gasteiger partial charge in [-0.15, -0.1) is 0 Å². The number of aliphatic hydroxyl groups excluding tert-OH is 1. The van der Waals surface area contributed by atoms with Crippen LogP contribution >= 0.6 is 11.6 Å². The van der Waals surface area contributed by atoms with Crippen molar-refractivity contribution in [2.24, 2.45) is 0 Å². The Kier molecular flexibility index (Phi) is 3.12. The molecule has 1 heterocycles. The lowest BCUT2D eigenvalue weighted by Crippen LogP contribution is -2.09. The van der Waals surface area contributed by atoms with E-state index in [-0.39, 0.29) is 0 Å². The molecule has 1 unspecified atom stereocenters. The third kappa shape index (κ3) is 2.53. The Morgan fingerprint density at radius 1 is 1.50 bits per heavy atom. The van der Waals surface area contributed by atoms with E-state index in [9.17, 15) is 5.11 Å². The Morgan fingerprint density at radius 2 is 2.31 bits per heavy atom. The number of rotatable bonds is 3. The van der Waals surface area contributed by atoms with Gasteiger partial charge in [0.15, 0.2) is 0 Å². The first-order valence-electron chi connectivity index (χ1n) is 4.86. The van der Waals surface area contributed by atoms with Crippen LogP contribution in [0.25, 0.3) is 0 Å². The second-order valence-electron chi connectivity index (χ2n) is 3.57.